The van der Waals surface area contributed by atoms with Gasteiger partial charge in [0.2, 0.25) is 0 Å². The molecule has 2 aromatic rings. The molecule has 1 aliphatic rings. The van der Waals surface area contributed by atoms with Crippen LogP contribution in [-0.2, 0) is 13.0 Å². The third-order valence-corrected chi connectivity index (χ3v) is 4.34. The lowest BCUT2D eigenvalue weighted by molar-refractivity contribution is 0.229. The summed E-state index contributed by atoms with van der Waals surface area (Å²) < 4.78 is 7.13. The minimum absolute atomic E-state index is 0.00954. The Morgan fingerprint density at radius 2 is 2.32 bits per heavy atom. The number of rotatable bonds is 5. The van der Waals surface area contributed by atoms with Gasteiger partial charge in [0.15, 0.2) is 0 Å². The number of aromatic nitrogens is 3. The van der Waals surface area contributed by atoms with Crippen molar-refractivity contribution in [3.05, 3.63) is 41.5 Å². The number of carbonyl (C=O) groups is 1. The molecule has 0 radical (unpaired) electrons. The van der Waals surface area contributed by atoms with Crippen molar-refractivity contribution >= 4 is 6.03 Å². The molecule has 1 aromatic heterocycles. The highest BCUT2D eigenvalue weighted by Crippen LogP contribution is 2.22. The Labute approximate surface area is 147 Å². The molecule has 0 unspecified atom stereocenters. The van der Waals surface area contributed by atoms with Crippen LogP contribution in [0.5, 0.6) is 5.75 Å². The maximum atomic E-state index is 12.3. The van der Waals surface area contributed by atoms with Crippen molar-refractivity contribution in [2.24, 2.45) is 0 Å². The van der Waals surface area contributed by atoms with Gasteiger partial charge in [-0.3, -0.25) is 0 Å². The smallest absolute Gasteiger partial charge is 0.315 e. The molecule has 0 saturated heterocycles. The van der Waals surface area contributed by atoms with Gasteiger partial charge in [0, 0.05) is 12.6 Å². The average Bonchev–Trinajstić information content (AvgIpc) is 2.96. The molecule has 0 spiro atoms. The van der Waals surface area contributed by atoms with E-state index in [0.717, 1.165) is 48.8 Å². The van der Waals surface area contributed by atoms with Crippen molar-refractivity contribution in [1.29, 1.82) is 0 Å². The van der Waals surface area contributed by atoms with Crippen LogP contribution in [0.15, 0.2) is 24.3 Å². The monoisotopic (exact) mass is 343 g/mol. The van der Waals surface area contributed by atoms with Gasteiger partial charge in [-0.05, 0) is 50.8 Å². The van der Waals surface area contributed by atoms with Gasteiger partial charge in [-0.15, -0.1) is 0 Å². The van der Waals surface area contributed by atoms with Gasteiger partial charge in [-0.25, -0.2) is 14.5 Å². The molecule has 1 aromatic carbocycles. The fraction of sp³-hybridized carbons (Fsp3) is 0.500. The molecule has 2 heterocycles. The van der Waals surface area contributed by atoms with E-state index in [9.17, 15) is 4.79 Å². The summed E-state index contributed by atoms with van der Waals surface area (Å²) in [7, 11) is 1.65. The average molecular weight is 343 g/mol. The van der Waals surface area contributed by atoms with Crippen molar-refractivity contribution in [1.82, 2.24) is 25.4 Å². The quantitative estimate of drug-likeness (QED) is 0.873. The Balaban J connectivity index is 1.55. The predicted molar refractivity (Wildman–Crippen MR) is 94.6 cm³/mol. The lowest BCUT2D eigenvalue weighted by Crippen LogP contribution is -2.44. The molecule has 0 aliphatic carbocycles. The number of hydrogen-bond acceptors (Lipinski definition) is 4. The first-order chi connectivity index (χ1) is 12.0. The number of ether oxygens (including phenoxy) is 1. The zero-order valence-corrected chi connectivity index (χ0v) is 15.0. The molecular formula is C18H25N5O2. The number of benzene rings is 1. The summed E-state index contributed by atoms with van der Waals surface area (Å²) in [4.78, 5) is 16.8. The molecule has 25 heavy (non-hydrogen) atoms. The Morgan fingerprint density at radius 1 is 1.48 bits per heavy atom. The minimum atomic E-state index is -0.172. The van der Waals surface area contributed by atoms with E-state index < -0.39 is 0 Å². The molecule has 0 saturated carbocycles. The SMILES string of the molecule is COc1cccc(C[C@H](C)NC(=O)N[C@H]2CCCn3nc(C)nc32)c1. The van der Waals surface area contributed by atoms with Crippen LogP contribution in [0.1, 0.15) is 43.0 Å². The van der Waals surface area contributed by atoms with Crippen molar-refractivity contribution in [3.63, 3.8) is 0 Å². The molecule has 2 amide bonds. The van der Waals surface area contributed by atoms with E-state index in [1.807, 2.05) is 42.8 Å². The third kappa shape index (κ3) is 4.29. The van der Waals surface area contributed by atoms with E-state index in [1.54, 1.807) is 7.11 Å². The van der Waals surface area contributed by atoms with E-state index in [-0.39, 0.29) is 18.1 Å². The molecule has 134 valence electrons. The van der Waals surface area contributed by atoms with Crippen LogP contribution >= 0.6 is 0 Å². The van der Waals surface area contributed by atoms with Crippen LogP contribution in [0.25, 0.3) is 0 Å². The highest BCUT2D eigenvalue weighted by atomic mass is 16.5. The summed E-state index contributed by atoms with van der Waals surface area (Å²) in [6.07, 6.45) is 2.61. The largest absolute Gasteiger partial charge is 0.497 e. The second-order valence-corrected chi connectivity index (χ2v) is 6.51. The number of methoxy groups -OCH3 is 1. The van der Waals surface area contributed by atoms with Crippen molar-refractivity contribution in [2.45, 2.75) is 51.7 Å². The van der Waals surface area contributed by atoms with E-state index in [4.69, 9.17) is 4.74 Å². The molecular weight excluding hydrogens is 318 g/mol. The zero-order valence-electron chi connectivity index (χ0n) is 15.0. The van der Waals surface area contributed by atoms with Gasteiger partial charge in [0.05, 0.1) is 13.2 Å². The second-order valence-electron chi connectivity index (χ2n) is 6.51. The number of urea groups is 1. The fourth-order valence-corrected chi connectivity index (χ4v) is 3.23. The molecule has 7 heteroatoms. The number of nitrogens with one attached hydrogen (secondary N) is 2. The summed E-state index contributed by atoms with van der Waals surface area (Å²) >= 11 is 0. The number of nitrogens with zero attached hydrogens (tertiary/aromatic N) is 3. The lowest BCUT2D eigenvalue weighted by atomic mass is 10.1. The maximum absolute atomic E-state index is 12.3. The van der Waals surface area contributed by atoms with Crippen LogP contribution in [-0.4, -0.2) is 33.9 Å². The van der Waals surface area contributed by atoms with E-state index in [2.05, 4.69) is 20.7 Å². The molecule has 2 atom stereocenters. The highest BCUT2D eigenvalue weighted by Gasteiger charge is 2.25. The fourth-order valence-electron chi connectivity index (χ4n) is 3.23. The number of aryl methyl sites for hydroxylation is 2. The van der Waals surface area contributed by atoms with Crippen molar-refractivity contribution < 1.29 is 9.53 Å². The maximum Gasteiger partial charge on any atom is 0.315 e. The zero-order chi connectivity index (χ0) is 17.8. The first kappa shape index (κ1) is 17.3. The molecule has 2 N–H and O–H groups in total. The highest BCUT2D eigenvalue weighted by molar-refractivity contribution is 5.74. The molecule has 1 aliphatic heterocycles. The predicted octanol–water partition coefficient (Wildman–Crippen LogP) is 2.36. The van der Waals surface area contributed by atoms with Crippen LogP contribution in [0.3, 0.4) is 0 Å². The number of amides is 2. The molecule has 3 rings (SSSR count). The Kier molecular flexibility index (Phi) is 5.21. The summed E-state index contributed by atoms with van der Waals surface area (Å²) in [5.74, 6) is 2.42. The normalized spacial score (nSPS) is 17.5. The minimum Gasteiger partial charge on any atom is -0.497 e. The number of hydrogen-bond donors (Lipinski definition) is 2. The van der Waals surface area contributed by atoms with Gasteiger partial charge >= 0.3 is 6.03 Å². The van der Waals surface area contributed by atoms with Crippen LogP contribution in [0, 0.1) is 6.92 Å². The number of carbonyl (C=O) groups excluding carboxylic acids is 1. The topological polar surface area (TPSA) is 81.1 Å². The summed E-state index contributed by atoms with van der Waals surface area (Å²) in [5, 5.41) is 10.4. The first-order valence-electron chi connectivity index (χ1n) is 8.66. The molecule has 7 nitrogen and oxygen atoms in total. The van der Waals surface area contributed by atoms with Gasteiger partial charge in [0.1, 0.15) is 17.4 Å². The van der Waals surface area contributed by atoms with E-state index in [0.29, 0.717) is 0 Å². The lowest BCUT2D eigenvalue weighted by Gasteiger charge is -2.24. The van der Waals surface area contributed by atoms with Crippen molar-refractivity contribution in [3.8, 4) is 5.75 Å². The third-order valence-electron chi connectivity index (χ3n) is 4.34. The van der Waals surface area contributed by atoms with Crippen LogP contribution in [0.2, 0.25) is 0 Å². The van der Waals surface area contributed by atoms with Crippen molar-refractivity contribution in [2.75, 3.05) is 7.11 Å². The molecule has 0 fully saturated rings. The van der Waals surface area contributed by atoms with E-state index in [1.165, 1.54) is 0 Å². The standard InChI is InChI=1S/C18H25N5O2/c1-12(10-14-6-4-7-15(11-14)25-3)19-18(24)21-16-8-5-9-23-17(16)20-13(2)22-23/h4,6-7,11-12,16H,5,8-10H2,1-3H3,(H2,19,21,24)/t12-,16-/m0/s1. The number of fused-ring (bicyclic) bond motifs is 1. The van der Waals surface area contributed by atoms with Gasteiger partial charge in [0.25, 0.3) is 0 Å². The van der Waals surface area contributed by atoms with Gasteiger partial charge in [-0.2, -0.15) is 5.10 Å². The Hall–Kier alpha value is -2.57. The van der Waals surface area contributed by atoms with Gasteiger partial charge < -0.3 is 15.4 Å². The Morgan fingerprint density at radius 3 is 3.12 bits per heavy atom. The molecule has 0 bridgehead atoms. The second kappa shape index (κ2) is 7.55. The first-order valence-corrected chi connectivity index (χ1v) is 8.66. The van der Waals surface area contributed by atoms with Crippen LogP contribution in [0.4, 0.5) is 4.79 Å². The van der Waals surface area contributed by atoms with E-state index >= 15 is 0 Å². The summed E-state index contributed by atoms with van der Waals surface area (Å²) in [6.45, 7) is 4.73. The summed E-state index contributed by atoms with van der Waals surface area (Å²) in [5.41, 5.74) is 1.13. The summed E-state index contributed by atoms with van der Waals surface area (Å²) in [6, 6.07) is 7.64. The van der Waals surface area contributed by atoms with Gasteiger partial charge in [-0.1, -0.05) is 12.1 Å². The van der Waals surface area contributed by atoms with Crippen LogP contribution < -0.4 is 15.4 Å². The Bertz CT molecular complexity index is 743.